The Morgan fingerprint density at radius 1 is 1.58 bits per heavy atom. The number of alkyl carbamates (subject to hydrolysis) is 1. The maximum Gasteiger partial charge on any atom is 0.406 e. The summed E-state index contributed by atoms with van der Waals surface area (Å²) in [7, 11) is 1.53. The molecule has 1 atom stereocenters. The summed E-state index contributed by atoms with van der Waals surface area (Å²) in [5, 5.41) is 8.00. The number of nitrogens with one attached hydrogen (secondary N) is 1. The van der Waals surface area contributed by atoms with Gasteiger partial charge in [0, 0.05) is 12.4 Å². The SMILES string of the molecule is CNC(=O)OC[C@H]1OCCn2nc3ccccc3c21. The molecule has 0 fully saturated rings. The lowest BCUT2D eigenvalue weighted by atomic mass is 10.1. The number of hydrogen-bond acceptors (Lipinski definition) is 4. The van der Waals surface area contributed by atoms with E-state index in [-0.39, 0.29) is 12.7 Å². The first-order valence-corrected chi connectivity index (χ1v) is 6.21. The summed E-state index contributed by atoms with van der Waals surface area (Å²) in [6.45, 7) is 1.48. The van der Waals surface area contributed by atoms with Crippen LogP contribution in [-0.2, 0) is 16.0 Å². The zero-order valence-electron chi connectivity index (χ0n) is 10.6. The van der Waals surface area contributed by atoms with Crippen molar-refractivity contribution in [3.8, 4) is 0 Å². The second kappa shape index (κ2) is 4.89. The molecule has 1 aromatic heterocycles. The standard InChI is InChI=1S/C13H15N3O3/c1-14-13(17)19-8-11-12-9-4-2-3-5-10(9)15-16(12)6-7-18-11/h2-5,11H,6-8H2,1H3,(H,14,17)/t11-/m1/s1. The van der Waals surface area contributed by atoms with E-state index in [0.717, 1.165) is 23.1 Å². The van der Waals surface area contributed by atoms with Crippen molar-refractivity contribution in [1.82, 2.24) is 15.1 Å². The number of amides is 1. The molecule has 3 rings (SSSR count). The van der Waals surface area contributed by atoms with E-state index >= 15 is 0 Å². The molecule has 6 nitrogen and oxygen atoms in total. The van der Waals surface area contributed by atoms with Gasteiger partial charge in [-0.25, -0.2) is 4.79 Å². The molecule has 1 aliphatic rings. The highest BCUT2D eigenvalue weighted by Crippen LogP contribution is 2.29. The van der Waals surface area contributed by atoms with Crippen LogP contribution in [0.1, 0.15) is 11.8 Å². The highest BCUT2D eigenvalue weighted by molar-refractivity contribution is 5.82. The molecule has 0 unspecified atom stereocenters. The van der Waals surface area contributed by atoms with Gasteiger partial charge in [-0.3, -0.25) is 4.68 Å². The Kier molecular flexibility index (Phi) is 3.08. The largest absolute Gasteiger partial charge is 0.446 e. The molecule has 1 aromatic carbocycles. The molecule has 0 bridgehead atoms. The molecule has 6 heteroatoms. The Balaban J connectivity index is 1.92. The van der Waals surface area contributed by atoms with Crippen molar-refractivity contribution < 1.29 is 14.3 Å². The number of ether oxygens (including phenoxy) is 2. The fourth-order valence-corrected chi connectivity index (χ4v) is 2.32. The van der Waals surface area contributed by atoms with Gasteiger partial charge in [-0.15, -0.1) is 0 Å². The van der Waals surface area contributed by atoms with Crippen molar-refractivity contribution >= 4 is 17.0 Å². The van der Waals surface area contributed by atoms with E-state index in [4.69, 9.17) is 9.47 Å². The first-order chi connectivity index (χ1) is 9.29. The number of carbonyl (C=O) groups excluding carboxylic acids is 1. The van der Waals surface area contributed by atoms with Gasteiger partial charge in [0.2, 0.25) is 0 Å². The normalized spacial score (nSPS) is 18.1. The van der Waals surface area contributed by atoms with Crippen LogP contribution in [0.15, 0.2) is 24.3 Å². The Morgan fingerprint density at radius 2 is 2.42 bits per heavy atom. The smallest absolute Gasteiger partial charge is 0.406 e. The lowest BCUT2D eigenvalue weighted by molar-refractivity contribution is -0.0211. The number of fused-ring (bicyclic) bond motifs is 3. The highest BCUT2D eigenvalue weighted by atomic mass is 16.6. The average molecular weight is 261 g/mol. The maximum atomic E-state index is 11.2. The lowest BCUT2D eigenvalue weighted by Crippen LogP contribution is -2.28. The number of aromatic nitrogens is 2. The van der Waals surface area contributed by atoms with Gasteiger partial charge in [-0.05, 0) is 6.07 Å². The van der Waals surface area contributed by atoms with Crippen LogP contribution in [0.5, 0.6) is 0 Å². The summed E-state index contributed by atoms with van der Waals surface area (Å²) in [5.41, 5.74) is 1.92. The molecule has 0 radical (unpaired) electrons. The van der Waals surface area contributed by atoms with Crippen LogP contribution in [0.4, 0.5) is 4.79 Å². The number of hydrogen-bond donors (Lipinski definition) is 1. The van der Waals surface area contributed by atoms with E-state index < -0.39 is 6.09 Å². The van der Waals surface area contributed by atoms with Crippen LogP contribution in [0.25, 0.3) is 10.9 Å². The molecular weight excluding hydrogens is 246 g/mol. The first-order valence-electron chi connectivity index (χ1n) is 6.21. The predicted molar refractivity (Wildman–Crippen MR) is 68.8 cm³/mol. The third-order valence-corrected chi connectivity index (χ3v) is 3.18. The van der Waals surface area contributed by atoms with Gasteiger partial charge in [0.1, 0.15) is 12.7 Å². The van der Waals surface area contributed by atoms with E-state index in [1.807, 2.05) is 28.9 Å². The molecule has 100 valence electrons. The third kappa shape index (κ3) is 2.15. The van der Waals surface area contributed by atoms with Crippen LogP contribution >= 0.6 is 0 Å². The zero-order chi connectivity index (χ0) is 13.2. The molecule has 1 amide bonds. The molecule has 2 heterocycles. The quantitative estimate of drug-likeness (QED) is 0.889. The summed E-state index contributed by atoms with van der Waals surface area (Å²) in [4.78, 5) is 11.2. The van der Waals surface area contributed by atoms with E-state index in [2.05, 4.69) is 10.4 Å². The van der Waals surface area contributed by atoms with Crippen molar-refractivity contribution in [2.45, 2.75) is 12.6 Å². The van der Waals surface area contributed by atoms with Gasteiger partial charge in [0.25, 0.3) is 0 Å². The number of rotatable bonds is 2. The molecule has 0 saturated heterocycles. The van der Waals surface area contributed by atoms with Gasteiger partial charge in [0.05, 0.1) is 24.4 Å². The van der Waals surface area contributed by atoms with Crippen LogP contribution in [-0.4, -0.2) is 36.1 Å². The van der Waals surface area contributed by atoms with E-state index in [1.165, 1.54) is 7.05 Å². The van der Waals surface area contributed by atoms with Crippen molar-refractivity contribution in [3.63, 3.8) is 0 Å². The van der Waals surface area contributed by atoms with Crippen LogP contribution in [0.3, 0.4) is 0 Å². The minimum Gasteiger partial charge on any atom is -0.446 e. The van der Waals surface area contributed by atoms with Gasteiger partial charge in [-0.2, -0.15) is 5.10 Å². The van der Waals surface area contributed by atoms with E-state index in [0.29, 0.717) is 6.61 Å². The zero-order valence-corrected chi connectivity index (χ0v) is 10.6. The monoisotopic (exact) mass is 261 g/mol. The Hall–Kier alpha value is -2.08. The molecule has 0 spiro atoms. The van der Waals surface area contributed by atoms with Crippen molar-refractivity contribution in [3.05, 3.63) is 30.0 Å². The van der Waals surface area contributed by atoms with E-state index in [9.17, 15) is 4.79 Å². The molecule has 19 heavy (non-hydrogen) atoms. The summed E-state index contributed by atoms with van der Waals surface area (Å²) >= 11 is 0. The lowest BCUT2D eigenvalue weighted by Gasteiger charge is -2.24. The van der Waals surface area contributed by atoms with Crippen LogP contribution in [0.2, 0.25) is 0 Å². The molecular formula is C13H15N3O3. The van der Waals surface area contributed by atoms with Crippen molar-refractivity contribution in [2.24, 2.45) is 0 Å². The summed E-state index contributed by atoms with van der Waals surface area (Å²) in [5.74, 6) is 0. The molecule has 1 aliphatic heterocycles. The van der Waals surface area contributed by atoms with Gasteiger partial charge >= 0.3 is 6.09 Å². The van der Waals surface area contributed by atoms with Crippen LogP contribution in [0, 0.1) is 0 Å². The summed E-state index contributed by atoms with van der Waals surface area (Å²) in [6.07, 6.45) is -0.719. The molecule has 2 aromatic rings. The average Bonchev–Trinajstić information content (AvgIpc) is 2.83. The molecule has 0 saturated carbocycles. The first kappa shape index (κ1) is 12.0. The van der Waals surface area contributed by atoms with Crippen molar-refractivity contribution in [1.29, 1.82) is 0 Å². The fraction of sp³-hybridized carbons (Fsp3) is 0.385. The topological polar surface area (TPSA) is 65.4 Å². The van der Waals surface area contributed by atoms with Gasteiger partial charge < -0.3 is 14.8 Å². The second-order valence-electron chi connectivity index (χ2n) is 4.33. The highest BCUT2D eigenvalue weighted by Gasteiger charge is 2.26. The van der Waals surface area contributed by atoms with Gasteiger partial charge in [0.15, 0.2) is 0 Å². The summed E-state index contributed by atoms with van der Waals surface area (Å²) in [6, 6.07) is 7.90. The van der Waals surface area contributed by atoms with Gasteiger partial charge in [-0.1, -0.05) is 18.2 Å². The fourth-order valence-electron chi connectivity index (χ4n) is 2.32. The van der Waals surface area contributed by atoms with E-state index in [1.54, 1.807) is 0 Å². The second-order valence-corrected chi connectivity index (χ2v) is 4.33. The summed E-state index contributed by atoms with van der Waals surface area (Å²) < 4.78 is 12.7. The number of nitrogens with zero attached hydrogens (tertiary/aromatic N) is 2. The number of benzene rings is 1. The minimum atomic E-state index is -0.454. The Bertz CT molecular complexity index is 608. The minimum absolute atomic E-state index is 0.190. The Morgan fingerprint density at radius 3 is 3.26 bits per heavy atom. The Labute approximate surface area is 110 Å². The van der Waals surface area contributed by atoms with Crippen LogP contribution < -0.4 is 5.32 Å². The van der Waals surface area contributed by atoms with Crippen molar-refractivity contribution in [2.75, 3.05) is 20.3 Å². The third-order valence-electron chi connectivity index (χ3n) is 3.18. The molecule has 0 aliphatic carbocycles. The number of carbonyl (C=O) groups is 1. The molecule has 1 N–H and O–H groups in total. The maximum absolute atomic E-state index is 11.2. The predicted octanol–water partition coefficient (Wildman–Crippen LogP) is 1.46.